The lowest BCUT2D eigenvalue weighted by Crippen LogP contribution is -2.30. The Labute approximate surface area is 185 Å². The van der Waals surface area contributed by atoms with Crippen LogP contribution < -0.4 is 10.1 Å². The summed E-state index contributed by atoms with van der Waals surface area (Å²) < 4.78 is 13.1. The molecule has 32 heavy (non-hydrogen) atoms. The van der Waals surface area contributed by atoms with Crippen LogP contribution in [0.4, 0.5) is 5.95 Å². The van der Waals surface area contributed by atoms with Gasteiger partial charge in [0.15, 0.2) is 0 Å². The number of nitrogens with one attached hydrogen (secondary N) is 2. The van der Waals surface area contributed by atoms with Crippen LogP contribution in [0.15, 0.2) is 24.4 Å². The summed E-state index contributed by atoms with van der Waals surface area (Å²) in [5.41, 5.74) is 4.50. The summed E-state index contributed by atoms with van der Waals surface area (Å²) in [6.07, 6.45) is 5.99. The number of benzene rings is 1. The monoisotopic (exact) mass is 437 g/mol. The Morgan fingerprint density at radius 2 is 2.06 bits per heavy atom. The molecule has 1 aromatic carbocycles. The first kappa shape index (κ1) is 20.7. The average molecular weight is 438 g/mol. The Morgan fingerprint density at radius 3 is 2.84 bits per heavy atom. The molecule has 5 rings (SSSR count). The highest BCUT2D eigenvalue weighted by Crippen LogP contribution is 2.35. The fraction of sp³-hybridized carbons (Fsp3) is 0.455. The Morgan fingerprint density at radius 1 is 1.22 bits per heavy atom. The number of hydrogen-bond donors (Lipinski definition) is 3. The zero-order valence-electron chi connectivity index (χ0n) is 18.2. The van der Waals surface area contributed by atoms with E-state index in [0.29, 0.717) is 18.4 Å². The zero-order chi connectivity index (χ0) is 22.1. The van der Waals surface area contributed by atoms with Gasteiger partial charge in [-0.3, -0.25) is 0 Å². The van der Waals surface area contributed by atoms with E-state index in [0.717, 1.165) is 58.9 Å². The van der Waals surface area contributed by atoms with Gasteiger partial charge in [-0.1, -0.05) is 11.3 Å². The van der Waals surface area contributed by atoms with E-state index in [4.69, 9.17) is 19.6 Å². The number of ether oxygens (including phenoxy) is 2. The lowest BCUT2D eigenvalue weighted by atomic mass is 9.93. The van der Waals surface area contributed by atoms with Crippen molar-refractivity contribution in [2.45, 2.75) is 37.8 Å². The molecule has 0 bridgehead atoms. The van der Waals surface area contributed by atoms with Crippen molar-refractivity contribution >= 4 is 28.0 Å². The molecule has 10 nitrogen and oxygen atoms in total. The number of hydrogen-bond acceptors (Lipinski definition) is 8. The lowest BCUT2D eigenvalue weighted by Gasteiger charge is -2.29. The standard InChI is InChI=1S/C22H27N7O3/c1-29-18-11-13(3-8-17(18)27-28-29)16-12-23-20-19(16)21(31-2)26-22(25-20)24-14-4-6-15(7-5-14)32-10-9-30/h3,8,11-12,14-15,30H,4-7,9-10H2,1-2H3,(H2,23,24,25,26). The first-order valence-electron chi connectivity index (χ1n) is 10.9. The molecule has 1 saturated carbocycles. The van der Waals surface area contributed by atoms with Crippen LogP contribution in [-0.2, 0) is 11.8 Å². The predicted octanol–water partition coefficient (Wildman–Crippen LogP) is 2.65. The van der Waals surface area contributed by atoms with Crippen molar-refractivity contribution in [3.8, 4) is 17.0 Å². The molecular weight excluding hydrogens is 410 g/mol. The Bertz CT molecular complexity index is 1230. The van der Waals surface area contributed by atoms with Crippen molar-refractivity contribution in [3.63, 3.8) is 0 Å². The molecule has 0 unspecified atom stereocenters. The molecule has 0 amide bonds. The normalized spacial score (nSPS) is 19.0. The number of nitrogens with zero attached hydrogens (tertiary/aromatic N) is 5. The summed E-state index contributed by atoms with van der Waals surface area (Å²) in [6, 6.07) is 6.31. The Balaban J connectivity index is 1.40. The van der Waals surface area contributed by atoms with Crippen LogP contribution in [0.2, 0.25) is 0 Å². The molecule has 1 aliphatic rings. The van der Waals surface area contributed by atoms with Gasteiger partial charge in [-0.2, -0.15) is 9.97 Å². The molecule has 0 atom stereocenters. The quantitative estimate of drug-likeness (QED) is 0.403. The minimum atomic E-state index is 0.0663. The van der Waals surface area contributed by atoms with E-state index in [9.17, 15) is 0 Å². The van der Waals surface area contributed by atoms with E-state index in [1.807, 2.05) is 25.4 Å². The van der Waals surface area contributed by atoms with Gasteiger partial charge in [0.1, 0.15) is 11.2 Å². The third-order valence-corrected chi connectivity index (χ3v) is 6.07. The van der Waals surface area contributed by atoms with Gasteiger partial charge >= 0.3 is 0 Å². The van der Waals surface area contributed by atoms with Gasteiger partial charge < -0.3 is 24.9 Å². The third kappa shape index (κ3) is 3.87. The average Bonchev–Trinajstić information content (AvgIpc) is 3.41. The van der Waals surface area contributed by atoms with Crippen molar-refractivity contribution < 1.29 is 14.6 Å². The van der Waals surface area contributed by atoms with Crippen LogP contribution in [0, 0.1) is 0 Å². The molecule has 168 valence electrons. The molecule has 10 heteroatoms. The number of anilines is 1. The number of fused-ring (bicyclic) bond motifs is 2. The highest BCUT2D eigenvalue weighted by Gasteiger charge is 2.23. The second-order valence-corrected chi connectivity index (χ2v) is 8.11. The van der Waals surface area contributed by atoms with Crippen LogP contribution in [0.3, 0.4) is 0 Å². The maximum Gasteiger partial charge on any atom is 0.228 e. The smallest absolute Gasteiger partial charge is 0.228 e. The second kappa shape index (κ2) is 8.71. The summed E-state index contributed by atoms with van der Waals surface area (Å²) in [5, 5.41) is 21.5. The molecule has 3 aromatic heterocycles. The molecule has 4 aromatic rings. The predicted molar refractivity (Wildman–Crippen MR) is 121 cm³/mol. The summed E-state index contributed by atoms with van der Waals surface area (Å²) in [4.78, 5) is 12.6. The van der Waals surface area contributed by atoms with Crippen LogP contribution in [0.5, 0.6) is 5.88 Å². The molecule has 0 aliphatic heterocycles. The number of H-pyrrole nitrogens is 1. The van der Waals surface area contributed by atoms with E-state index < -0.39 is 0 Å². The second-order valence-electron chi connectivity index (χ2n) is 8.11. The van der Waals surface area contributed by atoms with E-state index in [2.05, 4.69) is 31.7 Å². The summed E-state index contributed by atoms with van der Waals surface area (Å²) in [6.45, 7) is 0.468. The van der Waals surface area contributed by atoms with E-state index in [1.54, 1.807) is 11.8 Å². The first-order chi connectivity index (χ1) is 15.7. The molecule has 0 saturated heterocycles. The van der Waals surface area contributed by atoms with Crippen LogP contribution >= 0.6 is 0 Å². The fourth-order valence-corrected chi connectivity index (χ4v) is 4.41. The maximum absolute atomic E-state index is 8.93. The number of aliphatic hydroxyl groups excluding tert-OH is 1. The SMILES string of the molecule is COc1nc(NC2CCC(OCCO)CC2)nc2[nH]cc(-c3ccc4nnn(C)c4c3)c12. The van der Waals surface area contributed by atoms with E-state index in [1.165, 1.54) is 0 Å². The lowest BCUT2D eigenvalue weighted by molar-refractivity contribution is 0.00719. The van der Waals surface area contributed by atoms with Crippen molar-refractivity contribution in [3.05, 3.63) is 24.4 Å². The van der Waals surface area contributed by atoms with Gasteiger partial charge in [-0.25, -0.2) is 4.68 Å². The van der Waals surface area contributed by atoms with Crippen LogP contribution in [0.25, 0.3) is 33.2 Å². The minimum Gasteiger partial charge on any atom is -0.480 e. The number of aromatic nitrogens is 6. The summed E-state index contributed by atoms with van der Waals surface area (Å²) in [5.74, 6) is 1.07. The van der Waals surface area contributed by atoms with Gasteiger partial charge in [0.25, 0.3) is 0 Å². The number of rotatable bonds is 7. The van der Waals surface area contributed by atoms with Gasteiger partial charge in [-0.05, 0) is 43.4 Å². The molecule has 1 aliphatic carbocycles. The van der Waals surface area contributed by atoms with Crippen LogP contribution in [0.1, 0.15) is 25.7 Å². The topological polar surface area (TPSA) is 123 Å². The number of methoxy groups -OCH3 is 1. The van der Waals surface area contributed by atoms with Crippen LogP contribution in [-0.4, -0.2) is 67.5 Å². The first-order valence-corrected chi connectivity index (χ1v) is 10.9. The van der Waals surface area contributed by atoms with Gasteiger partial charge in [-0.15, -0.1) is 5.10 Å². The van der Waals surface area contributed by atoms with E-state index >= 15 is 0 Å². The molecule has 0 spiro atoms. The highest BCUT2D eigenvalue weighted by molar-refractivity contribution is 5.99. The van der Waals surface area contributed by atoms with Crippen molar-refractivity contribution in [2.75, 3.05) is 25.6 Å². The van der Waals surface area contributed by atoms with Gasteiger partial charge in [0.2, 0.25) is 11.8 Å². The van der Waals surface area contributed by atoms with Gasteiger partial charge in [0.05, 0.1) is 37.3 Å². The largest absolute Gasteiger partial charge is 0.480 e. The molecule has 1 fully saturated rings. The molecule has 3 N–H and O–H groups in total. The molecular formula is C22H27N7O3. The maximum atomic E-state index is 8.93. The Kier molecular flexibility index (Phi) is 5.62. The number of aliphatic hydroxyl groups is 1. The zero-order valence-corrected chi connectivity index (χ0v) is 18.2. The fourth-order valence-electron chi connectivity index (χ4n) is 4.41. The number of aromatic amines is 1. The minimum absolute atomic E-state index is 0.0663. The highest BCUT2D eigenvalue weighted by atomic mass is 16.5. The molecule has 0 radical (unpaired) electrons. The van der Waals surface area contributed by atoms with Crippen molar-refractivity contribution in [1.29, 1.82) is 0 Å². The van der Waals surface area contributed by atoms with Crippen molar-refractivity contribution in [2.24, 2.45) is 7.05 Å². The van der Waals surface area contributed by atoms with Crippen molar-refractivity contribution in [1.82, 2.24) is 29.9 Å². The van der Waals surface area contributed by atoms with Gasteiger partial charge in [0, 0.05) is 24.8 Å². The summed E-state index contributed by atoms with van der Waals surface area (Å²) >= 11 is 0. The summed E-state index contributed by atoms with van der Waals surface area (Å²) in [7, 11) is 3.50. The van der Waals surface area contributed by atoms with E-state index in [-0.39, 0.29) is 18.8 Å². The molecule has 3 heterocycles. The third-order valence-electron chi connectivity index (χ3n) is 6.07. The number of aryl methyl sites for hydroxylation is 1. The Hall–Kier alpha value is -3.24.